The zero-order chi connectivity index (χ0) is 17.4. The number of aryl methyl sites for hydroxylation is 1. The Hall–Kier alpha value is -1.86. The number of aromatic nitrogens is 2. The number of H-pyrrole nitrogens is 1. The molecule has 1 heterocycles. The lowest BCUT2D eigenvalue weighted by molar-refractivity contribution is -0.122. The third kappa shape index (κ3) is 5.35. The molecule has 2 rings (SSSR count). The molecule has 0 aliphatic rings. The average molecular weight is 349 g/mol. The molecule has 7 heteroatoms. The maximum atomic E-state index is 12.0. The fourth-order valence-corrected chi connectivity index (χ4v) is 2.96. The fraction of sp³-hybridized carbons (Fsp3) is 0.471. The molecule has 0 fully saturated rings. The normalized spacial score (nSPS) is 12.2. The summed E-state index contributed by atoms with van der Waals surface area (Å²) >= 11 is 1.69. The summed E-state index contributed by atoms with van der Waals surface area (Å²) in [5.74, 6) is 1.40. The first kappa shape index (κ1) is 18.5. The van der Waals surface area contributed by atoms with Crippen molar-refractivity contribution < 1.29 is 9.90 Å². The molecular formula is C17H23N3O3S. The monoisotopic (exact) mass is 349 g/mol. The first-order valence-electron chi connectivity index (χ1n) is 8.01. The van der Waals surface area contributed by atoms with Crippen LogP contribution in [0.3, 0.4) is 0 Å². The average Bonchev–Trinajstić information content (AvgIpc) is 2.58. The van der Waals surface area contributed by atoms with E-state index in [2.05, 4.69) is 15.3 Å². The van der Waals surface area contributed by atoms with Crippen LogP contribution in [-0.4, -0.2) is 45.6 Å². The Labute approximate surface area is 145 Å². The van der Waals surface area contributed by atoms with Gasteiger partial charge in [-0.05, 0) is 37.0 Å². The Balaban J connectivity index is 1.85. The van der Waals surface area contributed by atoms with E-state index in [4.69, 9.17) is 0 Å². The van der Waals surface area contributed by atoms with Crippen molar-refractivity contribution in [3.05, 3.63) is 40.4 Å². The highest BCUT2D eigenvalue weighted by Crippen LogP contribution is 2.07. The summed E-state index contributed by atoms with van der Waals surface area (Å²) in [6, 6.07) is 7.00. The first-order chi connectivity index (χ1) is 11.6. The molecule has 0 spiro atoms. The largest absolute Gasteiger partial charge is 0.394 e. The van der Waals surface area contributed by atoms with Crippen LogP contribution in [0, 0.1) is 0 Å². The van der Waals surface area contributed by atoms with Crippen molar-refractivity contribution >= 4 is 28.6 Å². The molecule has 1 aromatic heterocycles. The van der Waals surface area contributed by atoms with Crippen LogP contribution in [-0.2, 0) is 11.2 Å². The molecule has 0 saturated carbocycles. The number of aliphatic hydroxyl groups excluding tert-OH is 1. The molecule has 3 N–H and O–H groups in total. The topological polar surface area (TPSA) is 95.1 Å². The SMILES string of the molecule is CSCC[C@@H](CO)NC(=O)CCCc1nc2ccccc2c(=O)[nH]1. The van der Waals surface area contributed by atoms with E-state index in [1.165, 1.54) is 0 Å². The predicted molar refractivity (Wildman–Crippen MR) is 97.3 cm³/mol. The second-order valence-corrected chi connectivity index (χ2v) is 6.60. The summed E-state index contributed by atoms with van der Waals surface area (Å²) in [4.78, 5) is 31.1. The number of hydrogen-bond donors (Lipinski definition) is 3. The number of fused-ring (bicyclic) bond motifs is 1. The van der Waals surface area contributed by atoms with Crippen LogP contribution in [0.2, 0.25) is 0 Å². The van der Waals surface area contributed by atoms with Gasteiger partial charge in [0, 0.05) is 12.8 Å². The van der Waals surface area contributed by atoms with E-state index >= 15 is 0 Å². The number of para-hydroxylation sites is 1. The van der Waals surface area contributed by atoms with Crippen LogP contribution in [0.25, 0.3) is 10.9 Å². The van der Waals surface area contributed by atoms with E-state index < -0.39 is 0 Å². The molecular weight excluding hydrogens is 326 g/mol. The van der Waals surface area contributed by atoms with Gasteiger partial charge in [0.05, 0.1) is 23.6 Å². The quantitative estimate of drug-likeness (QED) is 0.637. The summed E-state index contributed by atoms with van der Waals surface area (Å²) < 4.78 is 0. The van der Waals surface area contributed by atoms with Gasteiger partial charge >= 0.3 is 0 Å². The number of amides is 1. The number of benzene rings is 1. The number of aromatic amines is 1. The number of carbonyl (C=O) groups excluding carboxylic acids is 1. The van der Waals surface area contributed by atoms with Crippen molar-refractivity contribution in [2.45, 2.75) is 31.7 Å². The van der Waals surface area contributed by atoms with Gasteiger partial charge in [-0.1, -0.05) is 12.1 Å². The van der Waals surface area contributed by atoms with Crippen LogP contribution >= 0.6 is 11.8 Å². The van der Waals surface area contributed by atoms with E-state index in [0.29, 0.717) is 36.0 Å². The Morgan fingerprint density at radius 1 is 1.42 bits per heavy atom. The summed E-state index contributed by atoms with van der Waals surface area (Å²) in [5, 5.41) is 12.7. The Bertz CT molecular complexity index is 732. The minimum atomic E-state index is -0.191. The van der Waals surface area contributed by atoms with Gasteiger partial charge in [0.25, 0.3) is 5.56 Å². The summed E-state index contributed by atoms with van der Waals surface area (Å²) in [6.07, 6.45) is 4.21. The lowest BCUT2D eigenvalue weighted by atomic mass is 10.2. The van der Waals surface area contributed by atoms with Gasteiger partial charge in [-0.2, -0.15) is 11.8 Å². The number of aliphatic hydroxyl groups is 1. The number of thioether (sulfide) groups is 1. The molecule has 24 heavy (non-hydrogen) atoms. The zero-order valence-corrected chi connectivity index (χ0v) is 14.6. The Morgan fingerprint density at radius 3 is 2.96 bits per heavy atom. The van der Waals surface area contributed by atoms with Crippen LogP contribution in [0.5, 0.6) is 0 Å². The number of rotatable bonds is 9. The predicted octanol–water partition coefficient (Wildman–Crippen LogP) is 1.48. The number of carbonyl (C=O) groups is 1. The third-order valence-electron chi connectivity index (χ3n) is 3.74. The van der Waals surface area contributed by atoms with E-state index in [-0.39, 0.29) is 24.1 Å². The van der Waals surface area contributed by atoms with Crippen molar-refractivity contribution in [3.63, 3.8) is 0 Å². The number of hydrogen-bond acceptors (Lipinski definition) is 5. The van der Waals surface area contributed by atoms with Crippen molar-refractivity contribution in [3.8, 4) is 0 Å². The van der Waals surface area contributed by atoms with Crippen LogP contribution in [0.4, 0.5) is 0 Å². The fourth-order valence-electron chi connectivity index (χ4n) is 2.44. The molecule has 1 amide bonds. The van der Waals surface area contributed by atoms with Crippen molar-refractivity contribution in [2.75, 3.05) is 18.6 Å². The van der Waals surface area contributed by atoms with Gasteiger partial charge in [0.1, 0.15) is 5.82 Å². The highest BCUT2D eigenvalue weighted by molar-refractivity contribution is 7.98. The van der Waals surface area contributed by atoms with Crippen LogP contribution in [0.1, 0.15) is 25.1 Å². The third-order valence-corrected chi connectivity index (χ3v) is 4.38. The Kier molecular flexibility index (Phi) is 7.27. The highest BCUT2D eigenvalue weighted by Gasteiger charge is 2.11. The summed E-state index contributed by atoms with van der Waals surface area (Å²) in [6.45, 7) is -0.0498. The summed E-state index contributed by atoms with van der Waals surface area (Å²) in [7, 11) is 0. The lowest BCUT2D eigenvalue weighted by Gasteiger charge is -2.15. The van der Waals surface area contributed by atoms with Crippen LogP contribution in [0.15, 0.2) is 29.1 Å². The number of nitrogens with zero attached hydrogens (tertiary/aromatic N) is 1. The molecule has 130 valence electrons. The van der Waals surface area contributed by atoms with E-state index in [1.54, 1.807) is 30.0 Å². The highest BCUT2D eigenvalue weighted by atomic mass is 32.2. The molecule has 6 nitrogen and oxygen atoms in total. The molecule has 1 aromatic carbocycles. The molecule has 2 aromatic rings. The van der Waals surface area contributed by atoms with E-state index in [0.717, 1.165) is 12.2 Å². The van der Waals surface area contributed by atoms with Gasteiger partial charge in [-0.3, -0.25) is 9.59 Å². The van der Waals surface area contributed by atoms with Crippen molar-refractivity contribution in [2.24, 2.45) is 0 Å². The minimum absolute atomic E-state index is 0.0498. The van der Waals surface area contributed by atoms with Gasteiger partial charge in [-0.25, -0.2) is 4.98 Å². The maximum absolute atomic E-state index is 12.0. The van der Waals surface area contributed by atoms with Crippen LogP contribution < -0.4 is 10.9 Å². The molecule has 0 aliphatic carbocycles. The van der Waals surface area contributed by atoms with Crippen molar-refractivity contribution in [1.82, 2.24) is 15.3 Å². The molecule has 0 saturated heterocycles. The smallest absolute Gasteiger partial charge is 0.258 e. The Morgan fingerprint density at radius 2 is 2.21 bits per heavy atom. The lowest BCUT2D eigenvalue weighted by Crippen LogP contribution is -2.37. The zero-order valence-electron chi connectivity index (χ0n) is 13.7. The molecule has 0 unspecified atom stereocenters. The van der Waals surface area contributed by atoms with E-state index in [1.807, 2.05) is 12.3 Å². The van der Waals surface area contributed by atoms with Gasteiger partial charge in [0.15, 0.2) is 0 Å². The van der Waals surface area contributed by atoms with Crippen molar-refractivity contribution in [1.29, 1.82) is 0 Å². The second-order valence-electron chi connectivity index (χ2n) is 5.61. The molecule has 0 bridgehead atoms. The van der Waals surface area contributed by atoms with Gasteiger partial charge in [0.2, 0.25) is 5.91 Å². The van der Waals surface area contributed by atoms with Gasteiger partial charge < -0.3 is 15.4 Å². The first-order valence-corrected chi connectivity index (χ1v) is 9.40. The molecule has 1 atom stereocenters. The molecule has 0 aliphatic heterocycles. The van der Waals surface area contributed by atoms with E-state index in [9.17, 15) is 14.7 Å². The second kappa shape index (κ2) is 9.44. The standard InChI is InChI=1S/C17H23N3O3S/c1-24-10-9-12(11-21)18-16(22)8-4-7-15-19-14-6-3-2-5-13(14)17(23)20-15/h2-3,5-6,12,21H,4,7-11H2,1H3,(H,18,22)(H,19,20,23)/t12-/m0/s1. The number of nitrogens with one attached hydrogen (secondary N) is 2. The maximum Gasteiger partial charge on any atom is 0.258 e. The summed E-state index contributed by atoms with van der Waals surface area (Å²) in [5.41, 5.74) is 0.510. The minimum Gasteiger partial charge on any atom is -0.394 e. The molecule has 0 radical (unpaired) electrons. The van der Waals surface area contributed by atoms with Gasteiger partial charge in [-0.15, -0.1) is 0 Å².